The van der Waals surface area contributed by atoms with Crippen LogP contribution in [-0.4, -0.2) is 33.1 Å². The highest BCUT2D eigenvalue weighted by Gasteiger charge is 2.16. The minimum absolute atomic E-state index is 0.0639. The molecule has 0 aliphatic heterocycles. The molecular weight excluding hydrogens is 248 g/mol. The Morgan fingerprint density at radius 1 is 1.53 bits per heavy atom. The van der Waals surface area contributed by atoms with Crippen LogP contribution in [0.5, 0.6) is 5.75 Å². The van der Waals surface area contributed by atoms with Crippen LogP contribution >= 0.6 is 0 Å². The summed E-state index contributed by atoms with van der Waals surface area (Å²) in [6.45, 7) is -0.473. The molecule has 0 heterocycles. The van der Waals surface area contributed by atoms with Gasteiger partial charge >= 0.3 is 5.97 Å². The summed E-state index contributed by atoms with van der Waals surface area (Å²) in [6, 6.07) is 3.42. The summed E-state index contributed by atoms with van der Waals surface area (Å²) in [5.74, 6) is -0.919. The van der Waals surface area contributed by atoms with E-state index in [0.717, 1.165) is 19.2 Å². The van der Waals surface area contributed by atoms with Gasteiger partial charge in [0.05, 0.1) is 17.7 Å². The monoisotopic (exact) mass is 260 g/mol. The van der Waals surface area contributed by atoms with Crippen LogP contribution in [0.2, 0.25) is 0 Å². The lowest BCUT2D eigenvalue weighted by Gasteiger charge is -2.07. The summed E-state index contributed by atoms with van der Waals surface area (Å²) in [5.41, 5.74) is 5.30. The van der Waals surface area contributed by atoms with Crippen molar-refractivity contribution in [3.8, 4) is 5.75 Å². The minimum Gasteiger partial charge on any atom is -0.506 e. The number of aromatic hydroxyl groups is 1. The molecule has 0 saturated heterocycles. The van der Waals surface area contributed by atoms with Crippen molar-refractivity contribution < 1.29 is 23.1 Å². The van der Waals surface area contributed by atoms with Gasteiger partial charge in [0.25, 0.3) is 0 Å². The Labute approximate surface area is 98.2 Å². The SMILES string of the molecule is COC(=O)CNS(=O)(=O)c1ccc(O)c(N)c1. The number of nitrogen functional groups attached to an aromatic ring is 1. The number of anilines is 1. The molecule has 1 rings (SSSR count). The molecular formula is C9H12N2O5S. The zero-order valence-electron chi connectivity index (χ0n) is 9.00. The van der Waals surface area contributed by atoms with Gasteiger partial charge in [-0.3, -0.25) is 4.79 Å². The summed E-state index contributed by atoms with van der Waals surface area (Å²) >= 11 is 0. The Morgan fingerprint density at radius 3 is 2.71 bits per heavy atom. The van der Waals surface area contributed by atoms with Gasteiger partial charge in [0, 0.05) is 0 Å². The first-order chi connectivity index (χ1) is 7.86. The van der Waals surface area contributed by atoms with E-state index in [2.05, 4.69) is 4.74 Å². The maximum atomic E-state index is 11.7. The fourth-order valence-electron chi connectivity index (χ4n) is 1.01. The van der Waals surface area contributed by atoms with Crippen molar-refractivity contribution in [2.24, 2.45) is 0 Å². The summed E-state index contributed by atoms with van der Waals surface area (Å²) in [6.07, 6.45) is 0. The average Bonchev–Trinajstić information content (AvgIpc) is 2.29. The standard InChI is InChI=1S/C9H12N2O5S/c1-16-9(13)5-11-17(14,15)6-2-3-8(12)7(10)4-6/h2-4,11-12H,5,10H2,1H3. The first-order valence-corrected chi connectivity index (χ1v) is 6.00. The molecule has 0 fully saturated rings. The number of hydrogen-bond acceptors (Lipinski definition) is 6. The highest BCUT2D eigenvalue weighted by molar-refractivity contribution is 7.89. The third-order valence-electron chi connectivity index (χ3n) is 1.94. The second kappa shape index (κ2) is 5.02. The molecule has 0 bridgehead atoms. The number of carbonyl (C=O) groups is 1. The molecule has 0 spiro atoms. The Kier molecular flexibility index (Phi) is 3.92. The van der Waals surface area contributed by atoms with Crippen LogP contribution in [0.4, 0.5) is 5.69 Å². The maximum absolute atomic E-state index is 11.7. The summed E-state index contributed by atoms with van der Waals surface area (Å²) in [4.78, 5) is 10.7. The van der Waals surface area contributed by atoms with Crippen molar-refractivity contribution in [3.05, 3.63) is 18.2 Å². The molecule has 1 aromatic carbocycles. The lowest BCUT2D eigenvalue weighted by atomic mass is 10.3. The number of phenolic OH excluding ortho intramolecular Hbond substituents is 1. The molecule has 0 aliphatic rings. The van der Waals surface area contributed by atoms with E-state index >= 15 is 0 Å². The van der Waals surface area contributed by atoms with E-state index in [1.54, 1.807) is 0 Å². The highest BCUT2D eigenvalue weighted by Crippen LogP contribution is 2.22. The molecule has 0 unspecified atom stereocenters. The number of esters is 1. The molecule has 1 aromatic rings. The maximum Gasteiger partial charge on any atom is 0.320 e. The van der Waals surface area contributed by atoms with E-state index in [-0.39, 0.29) is 16.3 Å². The zero-order chi connectivity index (χ0) is 13.1. The van der Waals surface area contributed by atoms with Crippen molar-refractivity contribution in [2.45, 2.75) is 4.90 Å². The Hall–Kier alpha value is -1.80. The summed E-state index contributed by atoms with van der Waals surface area (Å²) in [5, 5.41) is 9.15. The number of sulfonamides is 1. The van der Waals surface area contributed by atoms with Crippen LogP contribution < -0.4 is 10.5 Å². The van der Waals surface area contributed by atoms with Gasteiger partial charge in [0.1, 0.15) is 12.3 Å². The number of hydrogen-bond donors (Lipinski definition) is 3. The molecule has 0 saturated carbocycles. The Balaban J connectivity index is 2.90. The Morgan fingerprint density at radius 2 is 2.18 bits per heavy atom. The van der Waals surface area contributed by atoms with Gasteiger partial charge in [-0.25, -0.2) is 8.42 Å². The molecule has 7 nitrogen and oxygen atoms in total. The predicted molar refractivity (Wildman–Crippen MR) is 59.7 cm³/mol. The normalized spacial score (nSPS) is 11.1. The predicted octanol–water partition coefficient (Wildman–Crippen LogP) is -0.574. The molecule has 94 valence electrons. The van der Waals surface area contributed by atoms with Gasteiger partial charge < -0.3 is 15.6 Å². The third-order valence-corrected chi connectivity index (χ3v) is 3.34. The zero-order valence-corrected chi connectivity index (χ0v) is 9.82. The van der Waals surface area contributed by atoms with Gasteiger partial charge in [0.15, 0.2) is 0 Å². The molecule has 0 amide bonds. The summed E-state index contributed by atoms with van der Waals surface area (Å²) < 4.78 is 29.6. The first kappa shape index (κ1) is 13.3. The number of phenols is 1. The van der Waals surface area contributed by atoms with Gasteiger partial charge in [-0.15, -0.1) is 0 Å². The van der Waals surface area contributed by atoms with Crippen molar-refractivity contribution in [1.82, 2.24) is 4.72 Å². The van der Waals surface area contributed by atoms with Crippen LogP contribution in [0.25, 0.3) is 0 Å². The molecule has 17 heavy (non-hydrogen) atoms. The number of nitrogens with two attached hydrogens (primary N) is 1. The van der Waals surface area contributed by atoms with Gasteiger partial charge in [-0.1, -0.05) is 0 Å². The number of nitrogens with one attached hydrogen (secondary N) is 1. The largest absolute Gasteiger partial charge is 0.506 e. The first-order valence-electron chi connectivity index (χ1n) is 4.52. The van der Waals surface area contributed by atoms with Crippen molar-refractivity contribution in [2.75, 3.05) is 19.4 Å². The fraction of sp³-hybridized carbons (Fsp3) is 0.222. The number of rotatable bonds is 4. The van der Waals surface area contributed by atoms with Gasteiger partial charge in [-0.05, 0) is 18.2 Å². The van der Waals surface area contributed by atoms with Crippen LogP contribution in [-0.2, 0) is 19.6 Å². The van der Waals surface area contributed by atoms with Crippen LogP contribution in [0.1, 0.15) is 0 Å². The van der Waals surface area contributed by atoms with E-state index in [0.29, 0.717) is 0 Å². The van der Waals surface area contributed by atoms with Crippen molar-refractivity contribution >= 4 is 21.7 Å². The number of carbonyl (C=O) groups excluding carboxylic acids is 1. The van der Waals surface area contributed by atoms with Gasteiger partial charge in [0.2, 0.25) is 10.0 Å². The second-order valence-electron chi connectivity index (χ2n) is 3.12. The number of ether oxygens (including phenoxy) is 1. The molecule has 0 aromatic heterocycles. The van der Waals surface area contributed by atoms with Crippen LogP contribution in [0, 0.1) is 0 Å². The lowest BCUT2D eigenvalue weighted by Crippen LogP contribution is -2.30. The van der Waals surface area contributed by atoms with Crippen molar-refractivity contribution in [3.63, 3.8) is 0 Å². The summed E-state index contributed by atoms with van der Waals surface area (Å²) in [7, 11) is -2.70. The minimum atomic E-state index is -3.85. The van der Waals surface area contributed by atoms with Crippen LogP contribution in [0.15, 0.2) is 23.1 Å². The van der Waals surface area contributed by atoms with E-state index < -0.39 is 22.5 Å². The lowest BCUT2D eigenvalue weighted by molar-refractivity contribution is -0.139. The average molecular weight is 260 g/mol. The fourth-order valence-corrected chi connectivity index (χ4v) is 2.01. The third kappa shape index (κ3) is 3.33. The van der Waals surface area contributed by atoms with E-state index in [1.165, 1.54) is 6.07 Å². The number of benzene rings is 1. The van der Waals surface area contributed by atoms with E-state index in [1.807, 2.05) is 4.72 Å². The van der Waals surface area contributed by atoms with Gasteiger partial charge in [-0.2, -0.15) is 4.72 Å². The second-order valence-corrected chi connectivity index (χ2v) is 4.89. The molecule has 8 heteroatoms. The van der Waals surface area contributed by atoms with E-state index in [4.69, 9.17) is 10.8 Å². The van der Waals surface area contributed by atoms with Crippen LogP contribution in [0.3, 0.4) is 0 Å². The Bertz CT molecular complexity index is 526. The van der Waals surface area contributed by atoms with Crippen molar-refractivity contribution in [1.29, 1.82) is 0 Å². The topological polar surface area (TPSA) is 119 Å². The molecule has 0 aliphatic carbocycles. The molecule has 0 radical (unpaired) electrons. The number of methoxy groups -OCH3 is 1. The van der Waals surface area contributed by atoms with E-state index in [9.17, 15) is 13.2 Å². The highest BCUT2D eigenvalue weighted by atomic mass is 32.2. The smallest absolute Gasteiger partial charge is 0.320 e. The molecule has 4 N–H and O–H groups in total. The molecule has 0 atom stereocenters. The quantitative estimate of drug-likeness (QED) is 0.379.